The lowest BCUT2D eigenvalue weighted by Crippen LogP contribution is -2.41. The summed E-state index contributed by atoms with van der Waals surface area (Å²) in [4.78, 5) is 4.32. The number of hydrogen-bond acceptors (Lipinski definition) is 3. The number of nitrogens with two attached hydrogens (primary N) is 1. The average molecular weight is 250 g/mol. The van der Waals surface area contributed by atoms with E-state index >= 15 is 0 Å². The van der Waals surface area contributed by atoms with Crippen molar-refractivity contribution in [3.63, 3.8) is 0 Å². The van der Waals surface area contributed by atoms with Crippen LogP contribution in [-0.4, -0.2) is 23.7 Å². The largest absolute Gasteiger partial charge is 0.370 e. The van der Waals surface area contributed by atoms with Crippen LogP contribution in [0.5, 0.6) is 0 Å². The van der Waals surface area contributed by atoms with E-state index in [4.69, 9.17) is 10.3 Å². The summed E-state index contributed by atoms with van der Waals surface area (Å²) in [6, 6.07) is 2.44. The number of aromatic nitrogens is 1. The van der Waals surface area contributed by atoms with Crippen molar-refractivity contribution < 1.29 is 4.52 Å². The van der Waals surface area contributed by atoms with Crippen molar-refractivity contribution in [2.24, 2.45) is 10.7 Å². The SMILES string of the molecule is Cc1cc(CCN=C(N)NC2CCCCC2)on1. The Balaban J connectivity index is 1.71. The molecule has 0 amide bonds. The van der Waals surface area contributed by atoms with E-state index in [-0.39, 0.29) is 0 Å². The molecule has 3 N–H and O–H groups in total. The van der Waals surface area contributed by atoms with Crippen molar-refractivity contribution in [1.29, 1.82) is 0 Å². The second kappa shape index (κ2) is 6.42. The summed E-state index contributed by atoms with van der Waals surface area (Å²) in [5, 5.41) is 7.13. The number of guanidine groups is 1. The van der Waals surface area contributed by atoms with E-state index in [0.717, 1.165) is 17.9 Å². The molecule has 0 atom stereocenters. The standard InChI is InChI=1S/C13H22N4O/c1-10-9-12(18-17-10)7-8-15-13(14)16-11-5-3-2-4-6-11/h9,11H,2-8H2,1H3,(H3,14,15,16). The summed E-state index contributed by atoms with van der Waals surface area (Å²) in [7, 11) is 0. The van der Waals surface area contributed by atoms with Crippen LogP contribution >= 0.6 is 0 Å². The molecule has 5 nitrogen and oxygen atoms in total. The van der Waals surface area contributed by atoms with Gasteiger partial charge < -0.3 is 15.6 Å². The second-order valence-corrected chi connectivity index (χ2v) is 4.93. The number of hydrogen-bond donors (Lipinski definition) is 2. The first-order chi connectivity index (χ1) is 8.74. The van der Waals surface area contributed by atoms with E-state index in [0.29, 0.717) is 18.5 Å². The van der Waals surface area contributed by atoms with Gasteiger partial charge in [-0.15, -0.1) is 0 Å². The molecule has 18 heavy (non-hydrogen) atoms. The van der Waals surface area contributed by atoms with Crippen LogP contribution in [0.1, 0.15) is 43.6 Å². The molecular formula is C13H22N4O. The fourth-order valence-corrected chi connectivity index (χ4v) is 2.32. The molecule has 0 saturated heterocycles. The van der Waals surface area contributed by atoms with Gasteiger partial charge in [0, 0.05) is 25.1 Å². The summed E-state index contributed by atoms with van der Waals surface area (Å²) in [6.45, 7) is 2.55. The zero-order chi connectivity index (χ0) is 12.8. The molecule has 0 aliphatic heterocycles. The van der Waals surface area contributed by atoms with Crippen LogP contribution in [0.25, 0.3) is 0 Å². The quantitative estimate of drug-likeness (QED) is 0.630. The maximum Gasteiger partial charge on any atom is 0.188 e. The van der Waals surface area contributed by atoms with E-state index in [1.807, 2.05) is 13.0 Å². The van der Waals surface area contributed by atoms with Crippen LogP contribution in [0.4, 0.5) is 0 Å². The summed E-state index contributed by atoms with van der Waals surface area (Å²) in [5.41, 5.74) is 6.77. The van der Waals surface area contributed by atoms with Crippen molar-refractivity contribution in [3.05, 3.63) is 17.5 Å². The molecule has 0 radical (unpaired) electrons. The van der Waals surface area contributed by atoms with E-state index in [1.165, 1.54) is 32.1 Å². The van der Waals surface area contributed by atoms with Gasteiger partial charge in [0.1, 0.15) is 5.76 Å². The molecule has 1 saturated carbocycles. The lowest BCUT2D eigenvalue weighted by molar-refractivity contribution is 0.380. The predicted molar refractivity (Wildman–Crippen MR) is 71.4 cm³/mol. The normalized spacial score (nSPS) is 17.9. The molecule has 1 aliphatic rings. The van der Waals surface area contributed by atoms with Crippen LogP contribution in [-0.2, 0) is 6.42 Å². The molecule has 0 bridgehead atoms. The molecule has 0 aromatic carbocycles. The Kier molecular flexibility index (Phi) is 4.61. The molecule has 2 rings (SSSR count). The first-order valence-corrected chi connectivity index (χ1v) is 6.72. The van der Waals surface area contributed by atoms with Crippen LogP contribution < -0.4 is 11.1 Å². The maximum atomic E-state index is 5.87. The van der Waals surface area contributed by atoms with Gasteiger partial charge >= 0.3 is 0 Å². The van der Waals surface area contributed by atoms with E-state index in [9.17, 15) is 0 Å². The summed E-state index contributed by atoms with van der Waals surface area (Å²) in [5.74, 6) is 1.42. The number of nitrogens with zero attached hydrogens (tertiary/aromatic N) is 2. The highest BCUT2D eigenvalue weighted by Gasteiger charge is 2.13. The highest BCUT2D eigenvalue weighted by atomic mass is 16.5. The van der Waals surface area contributed by atoms with Gasteiger partial charge in [0.2, 0.25) is 0 Å². The Hall–Kier alpha value is -1.52. The van der Waals surface area contributed by atoms with E-state index in [2.05, 4.69) is 15.5 Å². The van der Waals surface area contributed by atoms with Crippen LogP contribution in [0.2, 0.25) is 0 Å². The summed E-state index contributed by atoms with van der Waals surface area (Å²) >= 11 is 0. The molecular weight excluding hydrogens is 228 g/mol. The third kappa shape index (κ3) is 4.05. The van der Waals surface area contributed by atoms with Crippen molar-refractivity contribution in [2.45, 2.75) is 51.5 Å². The summed E-state index contributed by atoms with van der Waals surface area (Å²) in [6.07, 6.45) is 7.09. The third-order valence-electron chi connectivity index (χ3n) is 3.27. The fraction of sp³-hybridized carbons (Fsp3) is 0.692. The molecule has 1 aromatic heterocycles. The molecule has 5 heteroatoms. The van der Waals surface area contributed by atoms with Crippen molar-refractivity contribution >= 4 is 5.96 Å². The first kappa shape index (κ1) is 12.9. The zero-order valence-corrected chi connectivity index (χ0v) is 11.0. The Morgan fingerprint density at radius 1 is 1.50 bits per heavy atom. The van der Waals surface area contributed by atoms with E-state index in [1.54, 1.807) is 0 Å². The smallest absolute Gasteiger partial charge is 0.188 e. The fourth-order valence-electron chi connectivity index (χ4n) is 2.32. The molecule has 0 unspecified atom stereocenters. The van der Waals surface area contributed by atoms with Crippen LogP contribution in [0, 0.1) is 6.92 Å². The average Bonchev–Trinajstić information content (AvgIpc) is 2.76. The van der Waals surface area contributed by atoms with Crippen molar-refractivity contribution in [3.8, 4) is 0 Å². The topological polar surface area (TPSA) is 76.4 Å². The van der Waals surface area contributed by atoms with Gasteiger partial charge in [-0.1, -0.05) is 24.4 Å². The second-order valence-electron chi connectivity index (χ2n) is 4.93. The maximum absolute atomic E-state index is 5.87. The Morgan fingerprint density at radius 3 is 2.94 bits per heavy atom. The van der Waals surface area contributed by atoms with Crippen LogP contribution in [0.15, 0.2) is 15.6 Å². The van der Waals surface area contributed by atoms with Crippen LogP contribution in [0.3, 0.4) is 0 Å². The first-order valence-electron chi connectivity index (χ1n) is 6.72. The monoisotopic (exact) mass is 250 g/mol. The van der Waals surface area contributed by atoms with Gasteiger partial charge in [-0.3, -0.25) is 4.99 Å². The number of aliphatic imine (C=N–C) groups is 1. The van der Waals surface area contributed by atoms with Gasteiger partial charge in [0.15, 0.2) is 5.96 Å². The van der Waals surface area contributed by atoms with Gasteiger partial charge in [0.05, 0.1) is 5.69 Å². The lowest BCUT2D eigenvalue weighted by Gasteiger charge is -2.23. The lowest BCUT2D eigenvalue weighted by atomic mass is 9.96. The van der Waals surface area contributed by atoms with Gasteiger partial charge in [-0.25, -0.2) is 0 Å². The van der Waals surface area contributed by atoms with E-state index < -0.39 is 0 Å². The molecule has 1 aromatic rings. The molecule has 1 aliphatic carbocycles. The minimum Gasteiger partial charge on any atom is -0.370 e. The predicted octanol–water partition coefficient (Wildman–Crippen LogP) is 1.76. The van der Waals surface area contributed by atoms with Crippen molar-refractivity contribution in [1.82, 2.24) is 10.5 Å². The minimum atomic E-state index is 0.509. The molecule has 100 valence electrons. The molecule has 1 fully saturated rings. The van der Waals surface area contributed by atoms with Gasteiger partial charge in [-0.2, -0.15) is 0 Å². The Morgan fingerprint density at radius 2 is 2.28 bits per heavy atom. The minimum absolute atomic E-state index is 0.509. The Labute approximate surface area is 108 Å². The summed E-state index contributed by atoms with van der Waals surface area (Å²) < 4.78 is 5.12. The molecule has 0 spiro atoms. The number of aryl methyl sites for hydroxylation is 1. The molecule has 1 heterocycles. The van der Waals surface area contributed by atoms with Gasteiger partial charge in [-0.05, 0) is 19.8 Å². The zero-order valence-electron chi connectivity index (χ0n) is 11.0. The van der Waals surface area contributed by atoms with Gasteiger partial charge in [0.25, 0.3) is 0 Å². The van der Waals surface area contributed by atoms with Crippen molar-refractivity contribution in [2.75, 3.05) is 6.54 Å². The number of rotatable bonds is 4. The highest BCUT2D eigenvalue weighted by molar-refractivity contribution is 5.78. The third-order valence-corrected chi connectivity index (χ3v) is 3.27. The highest BCUT2D eigenvalue weighted by Crippen LogP contribution is 2.16. The Bertz CT molecular complexity index is 393. The number of nitrogens with one attached hydrogen (secondary N) is 1.